The molecule has 1 aromatic carbocycles. The zero-order valence-electron chi connectivity index (χ0n) is 14.5. The van der Waals surface area contributed by atoms with Gasteiger partial charge in [0.25, 0.3) is 0 Å². The van der Waals surface area contributed by atoms with Gasteiger partial charge in [0.1, 0.15) is 0 Å². The van der Waals surface area contributed by atoms with Crippen LogP contribution in [0.1, 0.15) is 24.8 Å². The molecule has 136 valence electrons. The number of amides is 1. The van der Waals surface area contributed by atoms with Crippen molar-refractivity contribution < 1.29 is 19.4 Å². The zero-order chi connectivity index (χ0) is 17.8. The molecule has 0 radical (unpaired) electrons. The number of aliphatic carboxylic acids is 1. The van der Waals surface area contributed by atoms with Crippen molar-refractivity contribution in [2.24, 2.45) is 11.8 Å². The van der Waals surface area contributed by atoms with Gasteiger partial charge in [-0.25, -0.2) is 0 Å². The van der Waals surface area contributed by atoms with E-state index in [1.165, 1.54) is 5.56 Å². The Bertz CT molecular complexity index is 628. The van der Waals surface area contributed by atoms with E-state index in [1.54, 1.807) is 11.8 Å². The number of hydrogen-bond acceptors (Lipinski definition) is 4. The number of carbonyl (C=O) groups excluding carboxylic acids is 1. The lowest BCUT2D eigenvalue weighted by atomic mass is 9.84. The summed E-state index contributed by atoms with van der Waals surface area (Å²) in [6.45, 7) is 3.99. The highest BCUT2D eigenvalue weighted by Crippen LogP contribution is 2.33. The molecule has 1 amide bonds. The Balaban J connectivity index is 1.48. The monoisotopic (exact) mass is 363 g/mol. The first-order valence-corrected chi connectivity index (χ1v) is 9.85. The van der Waals surface area contributed by atoms with Crippen LogP contribution in [0.4, 0.5) is 0 Å². The molecule has 0 aromatic heterocycles. The number of ether oxygens (including phenoxy) is 1. The normalized spacial score (nSPS) is 24.4. The lowest BCUT2D eigenvalue weighted by molar-refractivity contribution is -0.145. The van der Waals surface area contributed by atoms with Crippen molar-refractivity contribution >= 4 is 23.6 Å². The second-order valence-electron chi connectivity index (χ2n) is 6.84. The van der Waals surface area contributed by atoms with Crippen molar-refractivity contribution in [3.8, 4) is 0 Å². The number of nitrogens with zero attached hydrogens (tertiary/aromatic N) is 1. The summed E-state index contributed by atoms with van der Waals surface area (Å²) in [6, 6.07) is 8.09. The van der Waals surface area contributed by atoms with Crippen LogP contribution in [-0.2, 0) is 14.3 Å². The second kappa shape index (κ2) is 8.23. The van der Waals surface area contributed by atoms with Crippen LogP contribution in [0.15, 0.2) is 29.2 Å². The largest absolute Gasteiger partial charge is 0.481 e. The smallest absolute Gasteiger partial charge is 0.309 e. The summed E-state index contributed by atoms with van der Waals surface area (Å²) in [4.78, 5) is 26.8. The van der Waals surface area contributed by atoms with Crippen molar-refractivity contribution in [2.75, 3.05) is 25.4 Å². The zero-order valence-corrected chi connectivity index (χ0v) is 15.3. The lowest BCUT2D eigenvalue weighted by Gasteiger charge is -2.35. The van der Waals surface area contributed by atoms with E-state index >= 15 is 0 Å². The van der Waals surface area contributed by atoms with Crippen LogP contribution in [0.3, 0.4) is 0 Å². The molecule has 0 spiro atoms. The van der Waals surface area contributed by atoms with Gasteiger partial charge >= 0.3 is 5.97 Å². The van der Waals surface area contributed by atoms with E-state index in [2.05, 4.69) is 13.0 Å². The minimum Gasteiger partial charge on any atom is -0.481 e. The highest BCUT2D eigenvalue weighted by atomic mass is 32.2. The maximum Gasteiger partial charge on any atom is 0.309 e. The quantitative estimate of drug-likeness (QED) is 0.815. The molecule has 2 aliphatic heterocycles. The Morgan fingerprint density at radius 1 is 1.24 bits per heavy atom. The van der Waals surface area contributed by atoms with Crippen LogP contribution in [0.25, 0.3) is 0 Å². The Hall–Kier alpha value is -1.53. The summed E-state index contributed by atoms with van der Waals surface area (Å²) in [7, 11) is 0. The number of thioether (sulfide) groups is 1. The lowest BCUT2D eigenvalue weighted by Crippen LogP contribution is -2.43. The summed E-state index contributed by atoms with van der Waals surface area (Å²) in [5.74, 6) is -0.280. The number of benzene rings is 1. The molecule has 2 aliphatic rings. The molecule has 2 saturated heterocycles. The van der Waals surface area contributed by atoms with Crippen molar-refractivity contribution in [1.82, 2.24) is 4.90 Å². The van der Waals surface area contributed by atoms with Gasteiger partial charge in [-0.15, -0.1) is 11.8 Å². The number of carbonyl (C=O) groups is 2. The highest BCUT2D eigenvalue weighted by molar-refractivity contribution is 8.00. The highest BCUT2D eigenvalue weighted by Gasteiger charge is 2.40. The van der Waals surface area contributed by atoms with Crippen molar-refractivity contribution in [3.63, 3.8) is 0 Å². The summed E-state index contributed by atoms with van der Waals surface area (Å²) in [6.07, 6.45) is 2.08. The van der Waals surface area contributed by atoms with E-state index in [0.717, 1.165) is 17.7 Å². The van der Waals surface area contributed by atoms with Gasteiger partial charge in [-0.3, -0.25) is 9.59 Å². The predicted octanol–water partition coefficient (Wildman–Crippen LogP) is 2.82. The number of aryl methyl sites for hydroxylation is 1. The SMILES string of the molecule is Cc1ccccc1SCC(=O)N1CCC([C@@H]2OCCC2C(=O)O)CC1. The van der Waals surface area contributed by atoms with E-state index in [1.807, 2.05) is 23.1 Å². The van der Waals surface area contributed by atoms with Gasteiger partial charge in [-0.05, 0) is 43.7 Å². The standard InChI is InChI=1S/C19H25NO4S/c1-13-4-2-3-5-16(13)25-12-17(21)20-9-6-14(7-10-20)18-15(19(22)23)8-11-24-18/h2-5,14-15,18H,6-12H2,1H3,(H,22,23)/t15?,18-/m0/s1. The Morgan fingerprint density at radius 2 is 1.96 bits per heavy atom. The molecule has 0 aliphatic carbocycles. The summed E-state index contributed by atoms with van der Waals surface area (Å²) in [5, 5.41) is 9.31. The number of rotatable bonds is 5. The van der Waals surface area contributed by atoms with Gasteiger partial charge in [0.05, 0.1) is 17.8 Å². The average molecular weight is 363 g/mol. The molecule has 1 unspecified atom stereocenters. The number of piperidine rings is 1. The molecule has 3 rings (SSSR count). The molecule has 25 heavy (non-hydrogen) atoms. The third-order valence-electron chi connectivity index (χ3n) is 5.25. The minimum absolute atomic E-state index is 0.161. The van der Waals surface area contributed by atoms with E-state index < -0.39 is 5.97 Å². The van der Waals surface area contributed by atoms with Gasteiger partial charge in [0, 0.05) is 24.6 Å². The Kier molecular flexibility index (Phi) is 6.02. The van der Waals surface area contributed by atoms with Gasteiger partial charge in [-0.1, -0.05) is 18.2 Å². The first-order chi connectivity index (χ1) is 12.1. The fourth-order valence-electron chi connectivity index (χ4n) is 3.77. The molecule has 0 bridgehead atoms. The van der Waals surface area contributed by atoms with Crippen LogP contribution < -0.4 is 0 Å². The van der Waals surface area contributed by atoms with Gasteiger partial charge < -0.3 is 14.7 Å². The van der Waals surface area contributed by atoms with E-state index in [0.29, 0.717) is 31.9 Å². The van der Waals surface area contributed by atoms with E-state index in [9.17, 15) is 14.7 Å². The molecule has 0 saturated carbocycles. The molecule has 2 heterocycles. The second-order valence-corrected chi connectivity index (χ2v) is 7.86. The van der Waals surface area contributed by atoms with Crippen molar-refractivity contribution in [2.45, 2.75) is 37.2 Å². The van der Waals surface area contributed by atoms with E-state index in [4.69, 9.17) is 4.74 Å². The van der Waals surface area contributed by atoms with Crippen LogP contribution in [0.2, 0.25) is 0 Å². The van der Waals surface area contributed by atoms with Gasteiger partial charge in [-0.2, -0.15) is 0 Å². The predicted molar refractivity (Wildman–Crippen MR) is 96.7 cm³/mol. The molecule has 1 N–H and O–H groups in total. The van der Waals surface area contributed by atoms with E-state index in [-0.39, 0.29) is 23.8 Å². The molecule has 2 atom stereocenters. The van der Waals surface area contributed by atoms with Crippen LogP contribution >= 0.6 is 11.8 Å². The Morgan fingerprint density at radius 3 is 2.64 bits per heavy atom. The molecule has 2 fully saturated rings. The first kappa shape index (κ1) is 18.3. The van der Waals surface area contributed by atoms with Gasteiger partial charge in [0.2, 0.25) is 5.91 Å². The van der Waals surface area contributed by atoms with Crippen molar-refractivity contribution in [1.29, 1.82) is 0 Å². The molecule has 5 nitrogen and oxygen atoms in total. The summed E-state index contributed by atoms with van der Waals surface area (Å²) >= 11 is 1.59. The third kappa shape index (κ3) is 4.36. The number of hydrogen-bond donors (Lipinski definition) is 1. The molecule has 1 aromatic rings. The van der Waals surface area contributed by atoms with Crippen LogP contribution in [0, 0.1) is 18.8 Å². The first-order valence-electron chi connectivity index (χ1n) is 8.87. The summed E-state index contributed by atoms with van der Waals surface area (Å²) in [5.41, 5.74) is 1.19. The maximum absolute atomic E-state index is 12.5. The van der Waals surface area contributed by atoms with Crippen LogP contribution in [-0.4, -0.2) is 53.4 Å². The van der Waals surface area contributed by atoms with Crippen molar-refractivity contribution in [3.05, 3.63) is 29.8 Å². The Labute approximate surface area is 152 Å². The average Bonchev–Trinajstić information content (AvgIpc) is 3.11. The molecular weight excluding hydrogens is 338 g/mol. The minimum atomic E-state index is -0.754. The number of carboxylic acid groups (broad SMARTS) is 1. The maximum atomic E-state index is 12.5. The topological polar surface area (TPSA) is 66.8 Å². The molecule has 6 heteroatoms. The van der Waals surface area contributed by atoms with Crippen LogP contribution in [0.5, 0.6) is 0 Å². The number of carboxylic acids is 1. The van der Waals surface area contributed by atoms with Gasteiger partial charge in [0.15, 0.2) is 0 Å². The summed E-state index contributed by atoms with van der Waals surface area (Å²) < 4.78 is 5.69. The fraction of sp³-hybridized carbons (Fsp3) is 0.579. The fourth-order valence-corrected chi connectivity index (χ4v) is 4.70. The third-order valence-corrected chi connectivity index (χ3v) is 6.41. The molecular formula is C19H25NO4S. The number of likely N-dealkylation sites (tertiary alicyclic amines) is 1.